The third kappa shape index (κ3) is 29.9. The summed E-state index contributed by atoms with van der Waals surface area (Å²) in [6.45, 7) is 3.22. The van der Waals surface area contributed by atoms with Crippen molar-refractivity contribution in [3.05, 3.63) is 85.1 Å². The normalized spacial score (nSPS) is 20.5. The van der Waals surface area contributed by atoms with Gasteiger partial charge in [0.1, 0.15) is 6.61 Å². The molecule has 1 saturated carbocycles. The molecule has 1 rings (SSSR count). The van der Waals surface area contributed by atoms with E-state index >= 15 is 0 Å². The van der Waals surface area contributed by atoms with E-state index in [2.05, 4.69) is 79.1 Å². The number of unbranched alkanes of at least 4 members (excludes halogenated alkanes) is 6. The number of aliphatic hydroxyl groups excluding tert-OH is 3. The van der Waals surface area contributed by atoms with Crippen LogP contribution in [0.2, 0.25) is 0 Å². The summed E-state index contributed by atoms with van der Waals surface area (Å²) in [5, 5.41) is 31.2. The molecule has 57 heavy (non-hydrogen) atoms. The molecule has 0 aromatic rings. The van der Waals surface area contributed by atoms with Crippen molar-refractivity contribution in [3.8, 4) is 0 Å². The number of hydrogen-bond acceptors (Lipinski definition) is 9. The molecular formula is C45H73O11P. The SMILES string of the molecule is CC/C=C\C/C=C\C/C=C\C/C=C\C/C=C\CCCCCC(=O)OC[C@H](COP(=O)(O)O)OC(=O)CCC/C=C/C[C@@H]1[C@@H](/C=C/[C@@H](O)CCCCC)[C@H](O)C[C@@H]1O. The van der Waals surface area contributed by atoms with Crippen LogP contribution in [0.1, 0.15) is 136 Å². The number of hydrogen-bond donors (Lipinski definition) is 5. The molecule has 5 N–H and O–H groups in total. The van der Waals surface area contributed by atoms with Crippen LogP contribution in [-0.2, 0) is 28.2 Å². The minimum absolute atomic E-state index is 0.0225. The Morgan fingerprint density at radius 3 is 1.93 bits per heavy atom. The molecule has 0 bridgehead atoms. The quantitative estimate of drug-likeness (QED) is 0.0184. The van der Waals surface area contributed by atoms with Crippen molar-refractivity contribution in [1.29, 1.82) is 0 Å². The Morgan fingerprint density at radius 2 is 1.30 bits per heavy atom. The second kappa shape index (κ2) is 34.0. The van der Waals surface area contributed by atoms with Crippen molar-refractivity contribution in [3.63, 3.8) is 0 Å². The summed E-state index contributed by atoms with van der Waals surface area (Å²) in [7, 11) is -4.84. The number of carbonyl (C=O) groups is 2. The maximum Gasteiger partial charge on any atom is 0.469 e. The fraction of sp³-hybridized carbons (Fsp3) is 0.644. The highest BCUT2D eigenvalue weighted by molar-refractivity contribution is 7.46. The Balaban J connectivity index is 2.32. The van der Waals surface area contributed by atoms with Gasteiger partial charge in [0.2, 0.25) is 0 Å². The minimum atomic E-state index is -4.84. The van der Waals surface area contributed by atoms with Gasteiger partial charge in [0.05, 0.1) is 24.9 Å². The molecule has 1 aliphatic rings. The molecule has 324 valence electrons. The molecule has 0 aromatic carbocycles. The highest BCUT2D eigenvalue weighted by Gasteiger charge is 2.39. The Labute approximate surface area is 342 Å². The van der Waals surface area contributed by atoms with Crippen molar-refractivity contribution in [1.82, 2.24) is 0 Å². The van der Waals surface area contributed by atoms with Crippen LogP contribution in [0.15, 0.2) is 85.1 Å². The number of rotatable bonds is 33. The Morgan fingerprint density at radius 1 is 0.702 bits per heavy atom. The second-order valence-electron chi connectivity index (χ2n) is 14.5. The van der Waals surface area contributed by atoms with Crippen LogP contribution in [0.25, 0.3) is 0 Å². The summed E-state index contributed by atoms with van der Waals surface area (Å²) in [5.41, 5.74) is 0. The number of esters is 2. The third-order valence-corrected chi connectivity index (χ3v) is 9.95. The summed E-state index contributed by atoms with van der Waals surface area (Å²) in [4.78, 5) is 43.1. The Hall–Kier alpha value is -2.89. The smallest absolute Gasteiger partial charge is 0.462 e. The van der Waals surface area contributed by atoms with Crippen molar-refractivity contribution >= 4 is 19.8 Å². The first-order valence-corrected chi connectivity index (χ1v) is 22.7. The topological polar surface area (TPSA) is 180 Å². The van der Waals surface area contributed by atoms with E-state index in [1.54, 1.807) is 6.08 Å². The maximum atomic E-state index is 12.5. The molecule has 0 unspecified atom stereocenters. The van der Waals surface area contributed by atoms with Crippen LogP contribution in [0.4, 0.5) is 0 Å². The lowest BCUT2D eigenvalue weighted by atomic mass is 9.89. The van der Waals surface area contributed by atoms with Crippen LogP contribution in [0, 0.1) is 11.8 Å². The number of phosphoric acid groups is 1. The molecule has 0 spiro atoms. The van der Waals surface area contributed by atoms with E-state index in [1.807, 2.05) is 18.2 Å². The van der Waals surface area contributed by atoms with Crippen LogP contribution < -0.4 is 0 Å². The van der Waals surface area contributed by atoms with Gasteiger partial charge in [-0.15, -0.1) is 0 Å². The minimum Gasteiger partial charge on any atom is -0.462 e. The summed E-state index contributed by atoms with van der Waals surface area (Å²) in [6, 6.07) is 0. The number of ether oxygens (including phenoxy) is 2. The average molecular weight is 821 g/mol. The zero-order chi connectivity index (χ0) is 42.0. The monoisotopic (exact) mass is 820 g/mol. The van der Waals surface area contributed by atoms with E-state index in [9.17, 15) is 29.5 Å². The predicted octanol–water partition coefficient (Wildman–Crippen LogP) is 9.22. The van der Waals surface area contributed by atoms with Crippen molar-refractivity contribution in [2.24, 2.45) is 11.8 Å². The lowest BCUT2D eigenvalue weighted by Gasteiger charge is -2.19. The molecule has 0 radical (unpaired) electrons. The first-order valence-electron chi connectivity index (χ1n) is 21.1. The van der Waals surface area contributed by atoms with Gasteiger partial charge in [-0.2, -0.15) is 0 Å². The van der Waals surface area contributed by atoms with Gasteiger partial charge in [-0.1, -0.05) is 125 Å². The van der Waals surface area contributed by atoms with E-state index in [4.69, 9.17) is 19.3 Å². The molecule has 12 heteroatoms. The molecule has 0 saturated heterocycles. The lowest BCUT2D eigenvalue weighted by molar-refractivity contribution is -0.161. The summed E-state index contributed by atoms with van der Waals surface area (Å²) in [5.74, 6) is -1.56. The predicted molar refractivity (Wildman–Crippen MR) is 227 cm³/mol. The summed E-state index contributed by atoms with van der Waals surface area (Å²) >= 11 is 0. The molecule has 6 atom stereocenters. The average Bonchev–Trinajstić information content (AvgIpc) is 3.44. The van der Waals surface area contributed by atoms with Gasteiger partial charge in [-0.05, 0) is 83.0 Å². The van der Waals surface area contributed by atoms with E-state index in [1.165, 1.54) is 0 Å². The Bertz CT molecular complexity index is 1310. The molecule has 11 nitrogen and oxygen atoms in total. The largest absolute Gasteiger partial charge is 0.469 e. The number of carbonyl (C=O) groups excluding carboxylic acids is 2. The third-order valence-electron chi connectivity index (χ3n) is 9.47. The van der Waals surface area contributed by atoms with Crippen LogP contribution in [-0.4, -0.2) is 74.7 Å². The van der Waals surface area contributed by atoms with Crippen molar-refractivity contribution in [2.45, 2.75) is 160 Å². The molecular weight excluding hydrogens is 747 g/mol. The van der Waals surface area contributed by atoms with Gasteiger partial charge in [-0.25, -0.2) is 4.57 Å². The molecule has 1 fully saturated rings. The van der Waals surface area contributed by atoms with Gasteiger partial charge < -0.3 is 34.6 Å². The van der Waals surface area contributed by atoms with Crippen LogP contribution in [0.5, 0.6) is 0 Å². The van der Waals surface area contributed by atoms with Gasteiger partial charge >= 0.3 is 19.8 Å². The first-order chi connectivity index (χ1) is 27.5. The molecule has 0 aliphatic heterocycles. The van der Waals surface area contributed by atoms with Crippen LogP contribution in [0.3, 0.4) is 0 Å². The molecule has 0 aromatic heterocycles. The fourth-order valence-corrected chi connectivity index (χ4v) is 6.63. The maximum absolute atomic E-state index is 12.5. The molecule has 0 amide bonds. The number of allylic oxidation sites excluding steroid dienone is 12. The van der Waals surface area contributed by atoms with Crippen LogP contribution >= 0.6 is 7.82 Å². The van der Waals surface area contributed by atoms with Gasteiger partial charge in [0, 0.05) is 25.2 Å². The lowest BCUT2D eigenvalue weighted by Crippen LogP contribution is -2.29. The molecule has 1 aliphatic carbocycles. The zero-order valence-corrected chi connectivity index (χ0v) is 35.4. The van der Waals surface area contributed by atoms with Gasteiger partial charge in [-0.3, -0.25) is 14.1 Å². The van der Waals surface area contributed by atoms with E-state index in [0.29, 0.717) is 32.1 Å². The van der Waals surface area contributed by atoms with E-state index in [0.717, 1.165) is 70.6 Å². The highest BCUT2D eigenvalue weighted by Crippen LogP contribution is 2.37. The summed E-state index contributed by atoms with van der Waals surface area (Å²) in [6.07, 6.45) is 39.7. The Kier molecular flexibility index (Phi) is 31.1. The highest BCUT2D eigenvalue weighted by atomic mass is 31.2. The molecule has 0 heterocycles. The number of phosphoric ester groups is 1. The standard InChI is InChI=1S/C45H73O11P/c1-3-5-7-8-9-10-11-12-13-14-15-16-17-18-19-20-21-22-27-31-44(49)54-36-39(37-55-57(51,52)53)56-45(50)32-28-24-23-26-30-40-41(43(48)35-42(40)47)34-33-38(46)29-25-6-4-2/h5,7,9-10,12-13,15-16,18-19,23,26,33-34,38-43,46-48H,3-4,6,8,11,14,17,20-22,24-25,27-32,35-37H2,1-2H3,(H2,51,52,53)/b7-5-,10-9-,13-12-,16-15-,19-18-,26-23+,34-33+/t38-,39+,40+,41+,42-,43+/m0/s1. The first kappa shape index (κ1) is 52.1. The van der Waals surface area contributed by atoms with Gasteiger partial charge in [0.15, 0.2) is 6.10 Å². The number of aliphatic hydroxyl groups is 3. The fourth-order valence-electron chi connectivity index (χ4n) is 6.27. The van der Waals surface area contributed by atoms with Crippen molar-refractivity contribution in [2.75, 3.05) is 13.2 Å². The van der Waals surface area contributed by atoms with Gasteiger partial charge in [0.25, 0.3) is 0 Å². The summed E-state index contributed by atoms with van der Waals surface area (Å²) < 4.78 is 26.4. The van der Waals surface area contributed by atoms with E-state index in [-0.39, 0.29) is 37.7 Å². The zero-order valence-electron chi connectivity index (χ0n) is 34.5. The van der Waals surface area contributed by atoms with E-state index < -0.39 is 50.8 Å². The second-order valence-corrected chi connectivity index (χ2v) is 15.8. The van der Waals surface area contributed by atoms with Crippen molar-refractivity contribution < 1.29 is 53.3 Å².